The largest absolute Gasteiger partial charge is 0.311 e. The molecule has 53 heavy (non-hydrogen) atoms. The lowest BCUT2D eigenvalue weighted by Gasteiger charge is -2.28. The number of nitrogens with zero attached hydrogens (tertiary/aromatic N) is 3. The highest BCUT2D eigenvalue weighted by molar-refractivity contribution is 5.83. The van der Waals surface area contributed by atoms with Crippen molar-refractivity contribution in [2.75, 3.05) is 14.7 Å². The van der Waals surface area contributed by atoms with Gasteiger partial charge in [0.05, 0.1) is 0 Å². The molecular formula is C50H41N3. The summed E-state index contributed by atoms with van der Waals surface area (Å²) in [6.45, 7) is 4.25. The number of para-hydroxylation sites is 3. The molecule has 3 nitrogen and oxygen atoms in total. The van der Waals surface area contributed by atoms with E-state index in [2.05, 4.69) is 241 Å². The van der Waals surface area contributed by atoms with E-state index in [0.29, 0.717) is 0 Å². The molecule has 0 atom stereocenters. The number of rotatable bonds is 10. The van der Waals surface area contributed by atoms with Crippen LogP contribution in [-0.2, 0) is 0 Å². The van der Waals surface area contributed by atoms with Gasteiger partial charge in [-0.25, -0.2) is 0 Å². The average molecular weight is 684 g/mol. The molecule has 256 valence electrons. The van der Waals surface area contributed by atoms with Crippen LogP contribution in [0.2, 0.25) is 0 Å². The van der Waals surface area contributed by atoms with E-state index in [1.54, 1.807) is 0 Å². The third-order valence-corrected chi connectivity index (χ3v) is 9.58. The third-order valence-electron chi connectivity index (χ3n) is 9.58. The molecule has 0 unspecified atom stereocenters. The first-order valence-electron chi connectivity index (χ1n) is 18.1. The molecule has 0 saturated heterocycles. The fraction of sp³-hybridized carbons (Fsp3) is 0.0400. The third kappa shape index (κ3) is 7.33. The molecule has 0 N–H and O–H groups in total. The summed E-state index contributed by atoms with van der Waals surface area (Å²) < 4.78 is 0. The van der Waals surface area contributed by atoms with Gasteiger partial charge < -0.3 is 14.7 Å². The maximum atomic E-state index is 2.32. The average Bonchev–Trinajstić information content (AvgIpc) is 3.22. The summed E-state index contributed by atoms with van der Waals surface area (Å²) in [5, 5.41) is 0. The number of hydrogen-bond donors (Lipinski definition) is 0. The maximum Gasteiger partial charge on any atom is 0.0463 e. The van der Waals surface area contributed by atoms with Gasteiger partial charge >= 0.3 is 0 Å². The molecule has 0 amide bonds. The minimum absolute atomic E-state index is 1.09. The molecule has 0 fully saturated rings. The van der Waals surface area contributed by atoms with Crippen LogP contribution in [0.1, 0.15) is 11.1 Å². The van der Waals surface area contributed by atoms with Crippen LogP contribution in [0.3, 0.4) is 0 Å². The highest BCUT2D eigenvalue weighted by Gasteiger charge is 2.17. The summed E-state index contributed by atoms with van der Waals surface area (Å²) in [5.74, 6) is 0. The minimum Gasteiger partial charge on any atom is -0.311 e. The van der Waals surface area contributed by atoms with Crippen LogP contribution in [0.5, 0.6) is 0 Å². The van der Waals surface area contributed by atoms with Gasteiger partial charge in [0, 0.05) is 51.2 Å². The van der Waals surface area contributed by atoms with E-state index in [4.69, 9.17) is 0 Å². The second-order valence-electron chi connectivity index (χ2n) is 13.3. The Kier molecular flexibility index (Phi) is 9.54. The lowest BCUT2D eigenvalue weighted by Crippen LogP contribution is -2.12. The van der Waals surface area contributed by atoms with Gasteiger partial charge in [-0.05, 0) is 134 Å². The zero-order chi connectivity index (χ0) is 36.0. The minimum atomic E-state index is 1.09. The van der Waals surface area contributed by atoms with Crippen LogP contribution < -0.4 is 14.7 Å². The van der Waals surface area contributed by atoms with Crippen LogP contribution in [0.25, 0.3) is 11.1 Å². The smallest absolute Gasteiger partial charge is 0.0463 e. The second-order valence-corrected chi connectivity index (χ2v) is 13.3. The first-order valence-corrected chi connectivity index (χ1v) is 18.1. The Morgan fingerprint density at radius 2 is 0.396 bits per heavy atom. The Bertz CT molecular complexity index is 2270. The zero-order valence-corrected chi connectivity index (χ0v) is 30.0. The van der Waals surface area contributed by atoms with Gasteiger partial charge in [0.2, 0.25) is 0 Å². The van der Waals surface area contributed by atoms with Crippen molar-refractivity contribution in [3.05, 3.63) is 223 Å². The lowest BCUT2D eigenvalue weighted by atomic mass is 10.0. The molecule has 0 aliphatic heterocycles. The fourth-order valence-corrected chi connectivity index (χ4v) is 6.82. The molecule has 0 aromatic heterocycles. The van der Waals surface area contributed by atoms with Crippen molar-refractivity contribution in [1.29, 1.82) is 0 Å². The molecule has 0 radical (unpaired) electrons. The van der Waals surface area contributed by atoms with Crippen molar-refractivity contribution in [3.8, 4) is 11.1 Å². The van der Waals surface area contributed by atoms with Gasteiger partial charge in [0.15, 0.2) is 0 Å². The summed E-state index contributed by atoms with van der Waals surface area (Å²) in [4.78, 5) is 6.92. The Morgan fingerprint density at radius 3 is 0.642 bits per heavy atom. The molecule has 3 heteroatoms. The molecule has 0 spiro atoms. The predicted molar refractivity (Wildman–Crippen MR) is 225 cm³/mol. The molecule has 0 aliphatic carbocycles. The number of anilines is 9. The van der Waals surface area contributed by atoms with Crippen molar-refractivity contribution in [1.82, 2.24) is 0 Å². The molecule has 8 rings (SSSR count). The van der Waals surface area contributed by atoms with Crippen LogP contribution in [0.4, 0.5) is 51.2 Å². The zero-order valence-electron chi connectivity index (χ0n) is 30.0. The quantitative estimate of drug-likeness (QED) is 0.142. The summed E-state index contributed by atoms with van der Waals surface area (Å²) in [6, 6.07) is 75.7. The Labute approximate surface area is 313 Å². The van der Waals surface area contributed by atoms with E-state index in [1.807, 2.05) is 0 Å². The van der Waals surface area contributed by atoms with Crippen LogP contribution >= 0.6 is 0 Å². The number of benzene rings is 8. The second kappa shape index (κ2) is 15.2. The summed E-state index contributed by atoms with van der Waals surface area (Å²) in [7, 11) is 0. The van der Waals surface area contributed by atoms with Crippen LogP contribution in [-0.4, -0.2) is 0 Å². The van der Waals surface area contributed by atoms with Crippen LogP contribution in [0.15, 0.2) is 212 Å². The van der Waals surface area contributed by atoms with Gasteiger partial charge in [-0.2, -0.15) is 0 Å². The van der Waals surface area contributed by atoms with E-state index < -0.39 is 0 Å². The Morgan fingerprint density at radius 1 is 0.208 bits per heavy atom. The molecule has 0 saturated carbocycles. The van der Waals surface area contributed by atoms with Gasteiger partial charge in [0.1, 0.15) is 0 Å². The molecule has 8 aromatic rings. The van der Waals surface area contributed by atoms with Gasteiger partial charge in [-0.3, -0.25) is 0 Å². The van der Waals surface area contributed by atoms with Crippen molar-refractivity contribution in [2.24, 2.45) is 0 Å². The van der Waals surface area contributed by atoms with Crippen molar-refractivity contribution in [2.45, 2.75) is 13.8 Å². The number of aryl methyl sites for hydroxylation is 2. The highest BCUT2D eigenvalue weighted by Crippen LogP contribution is 2.40. The van der Waals surface area contributed by atoms with Gasteiger partial charge in [-0.1, -0.05) is 114 Å². The summed E-state index contributed by atoms with van der Waals surface area (Å²) >= 11 is 0. The Hall–Kier alpha value is -6.84. The van der Waals surface area contributed by atoms with E-state index in [-0.39, 0.29) is 0 Å². The first kappa shape index (κ1) is 33.3. The first-order chi connectivity index (χ1) is 26.1. The van der Waals surface area contributed by atoms with Crippen LogP contribution in [0, 0.1) is 13.8 Å². The fourth-order valence-electron chi connectivity index (χ4n) is 6.82. The highest BCUT2D eigenvalue weighted by atomic mass is 15.2. The molecular weight excluding hydrogens is 643 g/mol. The Balaban J connectivity index is 1.10. The van der Waals surface area contributed by atoms with E-state index in [0.717, 1.165) is 51.2 Å². The van der Waals surface area contributed by atoms with Crippen molar-refractivity contribution >= 4 is 51.2 Å². The van der Waals surface area contributed by atoms with Crippen molar-refractivity contribution in [3.63, 3.8) is 0 Å². The summed E-state index contributed by atoms with van der Waals surface area (Å²) in [6.07, 6.45) is 0. The van der Waals surface area contributed by atoms with E-state index in [1.165, 1.54) is 22.3 Å². The van der Waals surface area contributed by atoms with E-state index >= 15 is 0 Å². The standard InChI is InChI=1S/C50H41N3/c1-38-18-26-45(27-19-38)53(46-28-20-39(2)21-29-46)50-36-34-49(35-37-50)52(44-16-10-5-11-17-44)48-32-24-41(25-33-48)40-22-30-47(31-23-40)51(42-12-6-3-7-13-42)43-14-8-4-9-15-43/h3-37H,1-2H3. The molecule has 0 aliphatic rings. The topological polar surface area (TPSA) is 9.72 Å². The maximum absolute atomic E-state index is 2.32. The molecule has 0 bridgehead atoms. The van der Waals surface area contributed by atoms with Gasteiger partial charge in [0.25, 0.3) is 0 Å². The molecule has 8 aromatic carbocycles. The van der Waals surface area contributed by atoms with Crippen molar-refractivity contribution < 1.29 is 0 Å². The monoisotopic (exact) mass is 683 g/mol. The molecule has 0 heterocycles. The number of hydrogen-bond acceptors (Lipinski definition) is 3. The summed E-state index contributed by atoms with van der Waals surface area (Å²) in [5.41, 5.74) is 14.8. The van der Waals surface area contributed by atoms with Gasteiger partial charge in [-0.15, -0.1) is 0 Å². The SMILES string of the molecule is Cc1ccc(N(c2ccc(C)cc2)c2ccc(N(c3ccccc3)c3ccc(-c4ccc(N(c5ccccc5)c5ccccc5)cc4)cc3)cc2)cc1. The lowest BCUT2D eigenvalue weighted by molar-refractivity contribution is 1.25. The normalized spacial score (nSPS) is 10.8. The van der Waals surface area contributed by atoms with E-state index in [9.17, 15) is 0 Å². The predicted octanol–water partition coefficient (Wildman–Crippen LogP) is 14.4.